The van der Waals surface area contributed by atoms with Crippen LogP contribution in [-0.2, 0) is 0 Å². The van der Waals surface area contributed by atoms with Crippen molar-refractivity contribution in [1.82, 2.24) is 4.98 Å². The number of nitrogens with one attached hydrogen (secondary N) is 1. The first-order valence-electron chi connectivity index (χ1n) is 6.29. The fourth-order valence-electron chi connectivity index (χ4n) is 2.31. The van der Waals surface area contributed by atoms with Crippen LogP contribution < -0.4 is 22.2 Å². The number of aromatic nitrogens is 1. The van der Waals surface area contributed by atoms with Crippen LogP contribution in [0.2, 0.25) is 0 Å². The Morgan fingerprint density at radius 2 is 1.84 bits per heavy atom. The highest BCUT2D eigenvalue weighted by Gasteiger charge is 2.26. The number of benzene rings is 1. The molecule has 0 spiro atoms. The molecule has 0 aliphatic carbocycles. The van der Waals surface area contributed by atoms with Crippen LogP contribution in [0.15, 0.2) is 48.7 Å². The summed E-state index contributed by atoms with van der Waals surface area (Å²) in [7, 11) is 0. The summed E-state index contributed by atoms with van der Waals surface area (Å²) in [4.78, 5) is 8.05. The number of para-hydroxylation sites is 1. The minimum absolute atomic E-state index is 0. The van der Waals surface area contributed by atoms with E-state index in [9.17, 15) is 0 Å². The van der Waals surface area contributed by atoms with E-state index in [-0.39, 0.29) is 12.4 Å². The van der Waals surface area contributed by atoms with E-state index in [1.807, 2.05) is 18.3 Å². The Morgan fingerprint density at radius 1 is 1.11 bits per heavy atom. The lowest BCUT2D eigenvalue weighted by Gasteiger charge is -2.29. The molecule has 1 atom stereocenters. The first-order chi connectivity index (χ1) is 8.77. The molecule has 0 radical (unpaired) electrons. The van der Waals surface area contributed by atoms with Gasteiger partial charge in [-0.15, -0.1) is 0 Å². The molecule has 1 aliphatic heterocycles. The normalized spacial score (nSPS) is 17.2. The quantitative estimate of drug-likeness (QED) is 0.730. The average molecular weight is 275 g/mol. The Bertz CT molecular complexity index is 542. The minimum Gasteiger partial charge on any atom is -1.00 e. The number of fused-ring (bicyclic) bond motifs is 1. The summed E-state index contributed by atoms with van der Waals surface area (Å²) in [5.74, 6) is 1.11. The predicted molar refractivity (Wildman–Crippen MR) is 72.9 cm³/mol. The third-order valence-electron chi connectivity index (χ3n) is 3.24. The molecule has 1 unspecified atom stereocenters. The summed E-state index contributed by atoms with van der Waals surface area (Å²) < 4.78 is 0. The maximum atomic E-state index is 4.53. The zero-order chi connectivity index (χ0) is 12.5. The van der Waals surface area contributed by atoms with E-state index in [1.165, 1.54) is 16.3 Å². The Hall–Kier alpha value is -1.58. The summed E-state index contributed by atoms with van der Waals surface area (Å²) in [5.41, 5.74) is 2.36. The van der Waals surface area contributed by atoms with Crippen molar-refractivity contribution in [3.63, 3.8) is 0 Å². The van der Waals surface area contributed by atoms with Crippen molar-refractivity contribution in [1.29, 1.82) is 0 Å². The van der Waals surface area contributed by atoms with Gasteiger partial charge in [-0.2, -0.15) is 0 Å². The van der Waals surface area contributed by atoms with Gasteiger partial charge in [-0.05, 0) is 44.8 Å². The molecule has 0 bridgehead atoms. The second-order valence-corrected chi connectivity index (χ2v) is 4.82. The maximum Gasteiger partial charge on any atom is 0.222 e. The predicted octanol–water partition coefficient (Wildman–Crippen LogP) is -0.719. The van der Waals surface area contributed by atoms with E-state index < -0.39 is 0 Å². The van der Waals surface area contributed by atoms with Gasteiger partial charge in [0.25, 0.3) is 0 Å². The van der Waals surface area contributed by atoms with Crippen LogP contribution in [0.3, 0.4) is 0 Å². The van der Waals surface area contributed by atoms with E-state index in [2.05, 4.69) is 60.7 Å². The minimum atomic E-state index is 0. The van der Waals surface area contributed by atoms with Crippen LogP contribution in [0, 0.1) is 6.67 Å². The summed E-state index contributed by atoms with van der Waals surface area (Å²) >= 11 is 0. The molecule has 1 aliphatic rings. The molecule has 19 heavy (non-hydrogen) atoms. The molecule has 3 nitrogen and oxygen atoms in total. The lowest BCUT2D eigenvalue weighted by molar-refractivity contribution is -0.820. The number of rotatable bonds is 2. The monoisotopic (exact) mass is 274 g/mol. The largest absolute Gasteiger partial charge is 1.00 e. The van der Waals surface area contributed by atoms with Crippen LogP contribution in [0.4, 0.5) is 17.2 Å². The van der Waals surface area contributed by atoms with Gasteiger partial charge in [-0.1, -0.05) is 18.2 Å². The smallest absolute Gasteiger partial charge is 0.222 e. The second kappa shape index (κ2) is 5.59. The second-order valence-electron chi connectivity index (χ2n) is 4.82. The molecule has 1 aromatic heterocycles. The first-order valence-corrected chi connectivity index (χ1v) is 6.29. The summed E-state index contributed by atoms with van der Waals surface area (Å²) in [6.45, 7) is 6.62. The Labute approximate surface area is 120 Å². The molecule has 0 fully saturated rings. The van der Waals surface area contributed by atoms with Crippen LogP contribution >= 0.6 is 0 Å². The van der Waals surface area contributed by atoms with Gasteiger partial charge in [0.15, 0.2) is 0 Å². The summed E-state index contributed by atoms with van der Waals surface area (Å²) in [5, 5.41) is 0. The SMILES string of the molecule is CC(C)[NH+]1[CH-]N(c2ccccc2)c2cccnc21.[Cl-]. The van der Waals surface area contributed by atoms with Gasteiger partial charge in [0, 0.05) is 11.9 Å². The third kappa shape index (κ3) is 2.44. The van der Waals surface area contributed by atoms with Crippen molar-refractivity contribution in [3.8, 4) is 0 Å². The van der Waals surface area contributed by atoms with Gasteiger partial charge >= 0.3 is 0 Å². The van der Waals surface area contributed by atoms with Crippen molar-refractivity contribution in [2.45, 2.75) is 19.9 Å². The summed E-state index contributed by atoms with van der Waals surface area (Å²) in [6, 6.07) is 15.0. The highest BCUT2D eigenvalue weighted by molar-refractivity contribution is 5.73. The Balaban J connectivity index is 0.00000133. The highest BCUT2D eigenvalue weighted by Crippen LogP contribution is 2.32. The van der Waals surface area contributed by atoms with Gasteiger partial charge in [0.1, 0.15) is 0 Å². The zero-order valence-corrected chi connectivity index (χ0v) is 11.8. The number of quaternary nitrogens is 1. The number of nitrogens with zero attached hydrogens (tertiary/aromatic N) is 2. The number of anilines is 2. The number of halogens is 1. The van der Waals surface area contributed by atoms with Gasteiger partial charge in [0.2, 0.25) is 5.82 Å². The number of hydrogen-bond acceptors (Lipinski definition) is 2. The first kappa shape index (κ1) is 13.8. The van der Waals surface area contributed by atoms with Crippen LogP contribution in [0.5, 0.6) is 0 Å². The molecular formula is C15H17ClN3-. The molecule has 0 saturated carbocycles. The van der Waals surface area contributed by atoms with Gasteiger partial charge in [-0.3, -0.25) is 0 Å². The maximum absolute atomic E-state index is 4.53. The Kier molecular flexibility index (Phi) is 4.08. The topological polar surface area (TPSA) is 20.6 Å². The van der Waals surface area contributed by atoms with E-state index in [0.29, 0.717) is 6.04 Å². The molecule has 100 valence electrons. The summed E-state index contributed by atoms with van der Waals surface area (Å²) in [6.07, 6.45) is 1.86. The fraction of sp³-hybridized carbons (Fsp3) is 0.200. The molecule has 4 heteroatoms. The van der Waals surface area contributed by atoms with Crippen LogP contribution in [-0.4, -0.2) is 11.0 Å². The third-order valence-corrected chi connectivity index (χ3v) is 3.24. The fourth-order valence-corrected chi connectivity index (χ4v) is 2.31. The molecule has 0 saturated heterocycles. The molecule has 0 amide bonds. The van der Waals surface area contributed by atoms with Gasteiger partial charge in [-0.25, -0.2) is 4.98 Å². The standard InChI is InChI=1S/C15H17N3.ClH/c1-12(2)17-11-18(13-7-4-3-5-8-13)14-9-6-10-16-15(14)17;/h3-12,17H,1-2H3;1H/p-1. The van der Waals surface area contributed by atoms with E-state index in [1.54, 1.807) is 0 Å². The zero-order valence-electron chi connectivity index (χ0n) is 11.0. The van der Waals surface area contributed by atoms with E-state index in [4.69, 9.17) is 0 Å². The molecule has 1 N–H and O–H groups in total. The van der Waals surface area contributed by atoms with E-state index >= 15 is 0 Å². The number of hydrogen-bond donors (Lipinski definition) is 1. The van der Waals surface area contributed by atoms with Gasteiger partial charge < -0.3 is 22.2 Å². The lowest BCUT2D eigenvalue weighted by Crippen LogP contribution is -3.07. The van der Waals surface area contributed by atoms with Crippen molar-refractivity contribution in [2.75, 3.05) is 4.90 Å². The average Bonchev–Trinajstić information content (AvgIpc) is 2.79. The molecule has 2 heterocycles. The van der Waals surface area contributed by atoms with Crippen molar-refractivity contribution < 1.29 is 17.3 Å². The van der Waals surface area contributed by atoms with Crippen molar-refractivity contribution >= 4 is 17.2 Å². The molecule has 3 rings (SSSR count). The molecular weight excluding hydrogens is 258 g/mol. The van der Waals surface area contributed by atoms with Crippen LogP contribution in [0.1, 0.15) is 13.8 Å². The van der Waals surface area contributed by atoms with E-state index in [0.717, 1.165) is 5.82 Å². The number of pyridine rings is 1. The van der Waals surface area contributed by atoms with Crippen molar-refractivity contribution in [3.05, 3.63) is 55.3 Å². The van der Waals surface area contributed by atoms with Crippen LogP contribution in [0.25, 0.3) is 0 Å². The highest BCUT2D eigenvalue weighted by atomic mass is 35.5. The molecule has 2 aromatic rings. The van der Waals surface area contributed by atoms with Crippen molar-refractivity contribution in [2.24, 2.45) is 0 Å². The molecule has 1 aromatic carbocycles. The lowest BCUT2D eigenvalue weighted by atomic mass is 10.3. The van der Waals surface area contributed by atoms with Gasteiger partial charge in [0.05, 0.1) is 11.7 Å². The Morgan fingerprint density at radius 3 is 2.53 bits per heavy atom.